The standard InChI is InChI=1S/C26H24N2O5/c1-18-7-11-22(12-8-18)33-23-13-9-21(10-14-23)28-16-19(15-25(28)30)26(31)32-17-24(29)27-20-5-3-2-4-6-20/h2-14,19H,15-17H2,1H3,(H,27,29)/t19-/m1/s1. The second kappa shape index (κ2) is 9.99. The fraction of sp³-hybridized carbons (Fsp3) is 0.192. The number of nitrogens with zero attached hydrogens (tertiary/aromatic N) is 1. The SMILES string of the molecule is Cc1ccc(Oc2ccc(N3C[C@H](C(=O)OCC(=O)Nc4ccccc4)CC3=O)cc2)cc1. The van der Waals surface area contributed by atoms with Crippen molar-refractivity contribution in [1.29, 1.82) is 0 Å². The fourth-order valence-corrected chi connectivity index (χ4v) is 3.52. The molecule has 2 amide bonds. The zero-order chi connectivity index (χ0) is 23.2. The molecule has 0 bridgehead atoms. The summed E-state index contributed by atoms with van der Waals surface area (Å²) in [5.74, 6) is -0.406. The van der Waals surface area contributed by atoms with Crippen LogP contribution in [-0.4, -0.2) is 30.9 Å². The minimum Gasteiger partial charge on any atom is -0.457 e. The number of rotatable bonds is 7. The molecule has 0 radical (unpaired) electrons. The fourth-order valence-electron chi connectivity index (χ4n) is 3.52. The molecule has 0 spiro atoms. The first-order chi connectivity index (χ1) is 16.0. The van der Waals surface area contributed by atoms with Crippen LogP contribution in [0.5, 0.6) is 11.5 Å². The minimum atomic E-state index is -0.620. The molecule has 0 unspecified atom stereocenters. The number of para-hydroxylation sites is 1. The Hall–Kier alpha value is -4.13. The number of carbonyl (C=O) groups excluding carboxylic acids is 3. The molecule has 1 heterocycles. The Bertz CT molecular complexity index is 1130. The maximum atomic E-state index is 12.5. The highest BCUT2D eigenvalue weighted by Gasteiger charge is 2.36. The van der Waals surface area contributed by atoms with Crippen molar-refractivity contribution < 1.29 is 23.9 Å². The van der Waals surface area contributed by atoms with Gasteiger partial charge in [0.1, 0.15) is 11.5 Å². The summed E-state index contributed by atoms with van der Waals surface area (Å²) in [5.41, 5.74) is 2.44. The van der Waals surface area contributed by atoms with Crippen molar-refractivity contribution in [1.82, 2.24) is 0 Å². The van der Waals surface area contributed by atoms with Crippen LogP contribution in [-0.2, 0) is 19.1 Å². The monoisotopic (exact) mass is 444 g/mol. The first-order valence-electron chi connectivity index (χ1n) is 10.6. The van der Waals surface area contributed by atoms with Crippen molar-refractivity contribution in [2.75, 3.05) is 23.4 Å². The molecule has 168 valence electrons. The normalized spacial score (nSPS) is 15.2. The van der Waals surface area contributed by atoms with Gasteiger partial charge in [-0.3, -0.25) is 14.4 Å². The van der Waals surface area contributed by atoms with Gasteiger partial charge < -0.3 is 19.7 Å². The number of hydrogen-bond donors (Lipinski definition) is 1. The second-order valence-electron chi connectivity index (χ2n) is 7.84. The average molecular weight is 444 g/mol. The van der Waals surface area contributed by atoms with Crippen molar-refractivity contribution in [2.45, 2.75) is 13.3 Å². The molecule has 1 N–H and O–H groups in total. The molecule has 33 heavy (non-hydrogen) atoms. The van der Waals surface area contributed by atoms with Crippen LogP contribution in [0.25, 0.3) is 0 Å². The van der Waals surface area contributed by atoms with Crippen molar-refractivity contribution in [3.8, 4) is 11.5 Å². The lowest BCUT2D eigenvalue weighted by Crippen LogP contribution is -2.28. The Morgan fingerprint density at radius 2 is 1.58 bits per heavy atom. The third kappa shape index (κ3) is 5.77. The van der Waals surface area contributed by atoms with Gasteiger partial charge in [-0.25, -0.2) is 0 Å². The summed E-state index contributed by atoms with van der Waals surface area (Å²) in [4.78, 5) is 38.4. The molecule has 1 aliphatic rings. The van der Waals surface area contributed by atoms with Gasteiger partial charge in [-0.15, -0.1) is 0 Å². The van der Waals surface area contributed by atoms with Crippen LogP contribution in [0, 0.1) is 12.8 Å². The van der Waals surface area contributed by atoms with Gasteiger partial charge in [0.25, 0.3) is 5.91 Å². The largest absolute Gasteiger partial charge is 0.457 e. The van der Waals surface area contributed by atoms with E-state index in [-0.39, 0.29) is 18.9 Å². The number of anilines is 2. The van der Waals surface area contributed by atoms with Crippen LogP contribution in [0.1, 0.15) is 12.0 Å². The zero-order valence-corrected chi connectivity index (χ0v) is 18.2. The Kier molecular flexibility index (Phi) is 6.69. The summed E-state index contributed by atoms with van der Waals surface area (Å²) in [5, 5.41) is 2.65. The van der Waals surface area contributed by atoms with Gasteiger partial charge in [0.15, 0.2) is 6.61 Å². The van der Waals surface area contributed by atoms with Gasteiger partial charge in [0, 0.05) is 24.3 Å². The molecule has 7 nitrogen and oxygen atoms in total. The van der Waals surface area contributed by atoms with Crippen molar-refractivity contribution >= 4 is 29.2 Å². The Morgan fingerprint density at radius 3 is 2.24 bits per heavy atom. The summed E-state index contributed by atoms with van der Waals surface area (Å²) >= 11 is 0. The van der Waals surface area contributed by atoms with Crippen LogP contribution < -0.4 is 15.0 Å². The Labute approximate surface area is 191 Å². The van der Waals surface area contributed by atoms with E-state index in [1.54, 1.807) is 53.4 Å². The maximum Gasteiger partial charge on any atom is 0.311 e. The van der Waals surface area contributed by atoms with Crippen LogP contribution >= 0.6 is 0 Å². The van der Waals surface area contributed by atoms with Crippen molar-refractivity contribution in [3.05, 3.63) is 84.4 Å². The molecule has 0 saturated carbocycles. The molecule has 3 aromatic rings. The lowest BCUT2D eigenvalue weighted by Gasteiger charge is -2.17. The number of amides is 2. The first-order valence-corrected chi connectivity index (χ1v) is 10.6. The van der Waals surface area contributed by atoms with E-state index in [1.165, 1.54) is 0 Å². The van der Waals surface area contributed by atoms with Gasteiger partial charge in [-0.2, -0.15) is 0 Å². The van der Waals surface area contributed by atoms with Crippen molar-refractivity contribution in [2.24, 2.45) is 5.92 Å². The topological polar surface area (TPSA) is 84.9 Å². The molecule has 0 aliphatic carbocycles. The molecule has 1 atom stereocenters. The smallest absolute Gasteiger partial charge is 0.311 e. The number of ether oxygens (including phenoxy) is 2. The summed E-state index contributed by atoms with van der Waals surface area (Å²) in [6.07, 6.45) is 0.0424. The third-order valence-corrected chi connectivity index (χ3v) is 5.27. The van der Waals surface area contributed by atoms with E-state index in [0.29, 0.717) is 17.1 Å². The van der Waals surface area contributed by atoms with Gasteiger partial charge in [-0.05, 0) is 55.5 Å². The van der Waals surface area contributed by atoms with E-state index >= 15 is 0 Å². The van der Waals surface area contributed by atoms with Gasteiger partial charge in [0.05, 0.1) is 5.92 Å². The predicted molar refractivity (Wildman–Crippen MR) is 124 cm³/mol. The summed E-state index contributed by atoms with van der Waals surface area (Å²) in [6, 6.07) is 23.7. The number of nitrogens with one attached hydrogen (secondary N) is 1. The number of carbonyl (C=O) groups is 3. The van der Waals surface area contributed by atoms with Crippen molar-refractivity contribution in [3.63, 3.8) is 0 Å². The van der Waals surface area contributed by atoms with Crippen LogP contribution in [0.2, 0.25) is 0 Å². The molecular weight excluding hydrogens is 420 g/mol. The van der Waals surface area contributed by atoms with Crippen LogP contribution in [0.4, 0.5) is 11.4 Å². The molecule has 1 fully saturated rings. The van der Waals surface area contributed by atoms with E-state index < -0.39 is 24.4 Å². The second-order valence-corrected chi connectivity index (χ2v) is 7.84. The quantitative estimate of drug-likeness (QED) is 0.549. The van der Waals surface area contributed by atoms with E-state index in [1.807, 2.05) is 37.3 Å². The number of benzene rings is 3. The molecular formula is C26H24N2O5. The number of esters is 1. The molecule has 3 aromatic carbocycles. The average Bonchev–Trinajstić information content (AvgIpc) is 3.22. The van der Waals surface area contributed by atoms with Gasteiger partial charge in [0.2, 0.25) is 5.91 Å². The Morgan fingerprint density at radius 1 is 0.939 bits per heavy atom. The lowest BCUT2D eigenvalue weighted by molar-refractivity contribution is -0.151. The summed E-state index contributed by atoms with van der Waals surface area (Å²) in [7, 11) is 0. The van der Waals surface area contributed by atoms with Crippen LogP contribution in [0.3, 0.4) is 0 Å². The molecule has 7 heteroatoms. The Balaban J connectivity index is 1.29. The van der Waals surface area contributed by atoms with E-state index in [0.717, 1.165) is 11.3 Å². The first kappa shape index (κ1) is 22.1. The predicted octanol–water partition coefficient (Wildman–Crippen LogP) is 4.32. The summed E-state index contributed by atoms with van der Waals surface area (Å²) in [6.45, 7) is 1.81. The lowest BCUT2D eigenvalue weighted by atomic mass is 10.1. The highest BCUT2D eigenvalue weighted by molar-refractivity contribution is 6.00. The highest BCUT2D eigenvalue weighted by atomic mass is 16.5. The molecule has 0 aromatic heterocycles. The molecule has 1 saturated heterocycles. The summed E-state index contributed by atoms with van der Waals surface area (Å²) < 4.78 is 11.0. The van der Waals surface area contributed by atoms with Gasteiger partial charge >= 0.3 is 5.97 Å². The number of aryl methyl sites for hydroxylation is 1. The minimum absolute atomic E-state index is 0.0424. The molecule has 4 rings (SSSR count). The zero-order valence-electron chi connectivity index (χ0n) is 18.2. The van der Waals surface area contributed by atoms with E-state index in [4.69, 9.17) is 9.47 Å². The van der Waals surface area contributed by atoms with Gasteiger partial charge in [-0.1, -0.05) is 35.9 Å². The third-order valence-electron chi connectivity index (χ3n) is 5.27. The van der Waals surface area contributed by atoms with Crippen LogP contribution in [0.15, 0.2) is 78.9 Å². The van der Waals surface area contributed by atoms with E-state index in [9.17, 15) is 14.4 Å². The highest BCUT2D eigenvalue weighted by Crippen LogP contribution is 2.29. The van der Waals surface area contributed by atoms with E-state index in [2.05, 4.69) is 5.32 Å². The maximum absolute atomic E-state index is 12.5. The molecule has 1 aliphatic heterocycles. The number of hydrogen-bond acceptors (Lipinski definition) is 5.